The van der Waals surface area contributed by atoms with Crippen molar-refractivity contribution in [2.75, 3.05) is 11.9 Å². The van der Waals surface area contributed by atoms with Gasteiger partial charge < -0.3 is 10.1 Å². The minimum absolute atomic E-state index is 0.359. The highest BCUT2D eigenvalue weighted by Gasteiger charge is 2.26. The number of nitrogens with one attached hydrogen (secondary N) is 1. The third kappa shape index (κ3) is 4.25. The van der Waals surface area contributed by atoms with E-state index in [1.54, 1.807) is 24.3 Å². The molecule has 0 bridgehead atoms. The highest BCUT2D eigenvalue weighted by Crippen LogP contribution is 2.32. The number of aryl methyl sites for hydroxylation is 1. The van der Waals surface area contributed by atoms with Crippen LogP contribution in [0.15, 0.2) is 48.5 Å². The topological polar surface area (TPSA) is 68.3 Å². The lowest BCUT2D eigenvalue weighted by atomic mass is 9.84. The predicted molar refractivity (Wildman–Crippen MR) is 113 cm³/mol. The van der Waals surface area contributed by atoms with Gasteiger partial charge in [0.05, 0.1) is 11.1 Å². The van der Waals surface area contributed by atoms with E-state index in [0.29, 0.717) is 22.2 Å². The van der Waals surface area contributed by atoms with Crippen LogP contribution in [0.3, 0.4) is 0 Å². The zero-order chi connectivity index (χ0) is 20.4. The molecular formula is C23H21ClN2O3. The number of rotatable bonds is 4. The molecule has 29 heavy (non-hydrogen) atoms. The van der Waals surface area contributed by atoms with E-state index in [0.717, 1.165) is 41.4 Å². The second-order valence-corrected chi connectivity index (χ2v) is 7.84. The number of hydrogen-bond donors (Lipinski definition) is 1. The van der Waals surface area contributed by atoms with Gasteiger partial charge in [0.2, 0.25) is 0 Å². The van der Waals surface area contributed by atoms with E-state index in [4.69, 9.17) is 21.3 Å². The first kappa shape index (κ1) is 19.4. The number of halogens is 1. The molecule has 0 spiro atoms. The highest BCUT2D eigenvalue weighted by molar-refractivity contribution is 6.30. The Morgan fingerprint density at radius 3 is 2.72 bits per heavy atom. The van der Waals surface area contributed by atoms with E-state index in [9.17, 15) is 9.59 Å². The Bertz CT molecular complexity index is 1080. The molecule has 1 unspecified atom stereocenters. The highest BCUT2D eigenvalue weighted by atomic mass is 35.5. The fraction of sp³-hybridized carbons (Fsp3) is 0.261. The van der Waals surface area contributed by atoms with Crippen molar-refractivity contribution >= 4 is 40.1 Å². The fourth-order valence-electron chi connectivity index (χ4n) is 3.73. The molecule has 1 N–H and O–H groups in total. The Balaban J connectivity index is 1.55. The molecule has 1 amide bonds. The summed E-state index contributed by atoms with van der Waals surface area (Å²) in [5.74, 6) is -0.410. The van der Waals surface area contributed by atoms with Crippen LogP contribution in [-0.4, -0.2) is 23.5 Å². The summed E-state index contributed by atoms with van der Waals surface area (Å²) in [6.07, 6.45) is 2.68. The molecular weight excluding hydrogens is 388 g/mol. The van der Waals surface area contributed by atoms with Crippen LogP contribution >= 0.6 is 11.6 Å². The lowest BCUT2D eigenvalue weighted by molar-refractivity contribution is -0.119. The maximum absolute atomic E-state index is 13.0. The molecule has 1 aliphatic rings. The zero-order valence-corrected chi connectivity index (χ0v) is 16.8. The Morgan fingerprint density at radius 2 is 1.93 bits per heavy atom. The van der Waals surface area contributed by atoms with Crippen LogP contribution in [-0.2, 0) is 22.4 Å². The summed E-state index contributed by atoms with van der Waals surface area (Å²) in [5, 5.41) is 4.04. The largest absolute Gasteiger partial charge is 0.452 e. The fourth-order valence-corrected chi connectivity index (χ4v) is 3.86. The number of carbonyl (C=O) groups is 2. The van der Waals surface area contributed by atoms with Crippen molar-refractivity contribution in [2.45, 2.75) is 26.2 Å². The maximum Gasteiger partial charge on any atom is 0.339 e. The lowest BCUT2D eigenvalue weighted by Gasteiger charge is -2.24. The van der Waals surface area contributed by atoms with Crippen LogP contribution in [0.5, 0.6) is 0 Å². The van der Waals surface area contributed by atoms with Crippen LogP contribution in [0.2, 0.25) is 5.02 Å². The van der Waals surface area contributed by atoms with Crippen LogP contribution in [0.1, 0.15) is 35.0 Å². The van der Waals surface area contributed by atoms with E-state index in [2.05, 4.69) is 12.2 Å². The van der Waals surface area contributed by atoms with Gasteiger partial charge in [0.25, 0.3) is 5.91 Å². The van der Waals surface area contributed by atoms with Crippen LogP contribution < -0.4 is 5.32 Å². The van der Waals surface area contributed by atoms with Crippen LogP contribution in [0, 0.1) is 5.92 Å². The van der Waals surface area contributed by atoms with Gasteiger partial charge >= 0.3 is 5.97 Å². The van der Waals surface area contributed by atoms with Crippen molar-refractivity contribution in [1.29, 1.82) is 0 Å². The minimum Gasteiger partial charge on any atom is -0.452 e. The summed E-state index contributed by atoms with van der Waals surface area (Å²) in [5.41, 5.74) is 3.82. The normalized spacial score (nSPS) is 15.6. The number of amides is 1. The molecule has 2 aromatic carbocycles. The number of fused-ring (bicyclic) bond motifs is 2. The molecule has 4 rings (SSSR count). The second kappa shape index (κ2) is 8.21. The van der Waals surface area contributed by atoms with E-state index in [-0.39, 0.29) is 6.61 Å². The molecule has 1 atom stereocenters. The van der Waals surface area contributed by atoms with Crippen molar-refractivity contribution in [3.63, 3.8) is 0 Å². The average molecular weight is 409 g/mol. The van der Waals surface area contributed by atoms with Gasteiger partial charge in [-0.1, -0.05) is 36.7 Å². The molecule has 0 saturated heterocycles. The smallest absolute Gasteiger partial charge is 0.339 e. The molecule has 0 radical (unpaired) electrons. The number of nitrogens with zero attached hydrogens (tertiary/aromatic N) is 1. The first-order valence-electron chi connectivity index (χ1n) is 9.64. The molecule has 1 aromatic heterocycles. The van der Waals surface area contributed by atoms with E-state index in [1.807, 2.05) is 24.3 Å². The molecule has 6 heteroatoms. The van der Waals surface area contributed by atoms with E-state index < -0.39 is 11.9 Å². The number of pyridine rings is 1. The maximum atomic E-state index is 13.0. The van der Waals surface area contributed by atoms with Gasteiger partial charge in [-0.05, 0) is 61.1 Å². The van der Waals surface area contributed by atoms with Gasteiger partial charge in [0.1, 0.15) is 0 Å². The third-order valence-corrected chi connectivity index (χ3v) is 5.42. The van der Waals surface area contributed by atoms with Crippen molar-refractivity contribution < 1.29 is 14.3 Å². The average Bonchev–Trinajstić information content (AvgIpc) is 2.72. The number of hydrogen-bond acceptors (Lipinski definition) is 4. The molecule has 148 valence electrons. The summed E-state index contributed by atoms with van der Waals surface area (Å²) in [6.45, 7) is 1.81. The van der Waals surface area contributed by atoms with Crippen molar-refractivity contribution in [3.8, 4) is 0 Å². The predicted octanol–water partition coefficient (Wildman–Crippen LogP) is 4.81. The number of para-hydroxylation sites is 1. The van der Waals surface area contributed by atoms with Crippen molar-refractivity contribution in [3.05, 3.63) is 70.4 Å². The molecule has 5 nitrogen and oxygen atoms in total. The zero-order valence-electron chi connectivity index (χ0n) is 16.1. The summed E-state index contributed by atoms with van der Waals surface area (Å²) in [6, 6.07) is 14.3. The molecule has 0 aliphatic heterocycles. The van der Waals surface area contributed by atoms with Gasteiger partial charge in [0, 0.05) is 21.8 Å². The Labute approximate surface area is 174 Å². The standard InChI is InChI=1S/C23H21ClN2O3/c1-14-6-11-20-18(12-14)22(17-4-2-3-5-19(17)26-20)23(28)29-13-21(27)25-16-9-7-15(24)8-10-16/h2-5,7-10,14H,6,11-13H2,1H3,(H,25,27). The molecule has 0 fully saturated rings. The van der Waals surface area contributed by atoms with Gasteiger partial charge in [0.15, 0.2) is 6.61 Å². The van der Waals surface area contributed by atoms with Crippen LogP contribution in [0.4, 0.5) is 5.69 Å². The van der Waals surface area contributed by atoms with Gasteiger partial charge in [-0.15, -0.1) is 0 Å². The minimum atomic E-state index is -0.486. The Morgan fingerprint density at radius 1 is 1.17 bits per heavy atom. The Kier molecular flexibility index (Phi) is 5.49. The van der Waals surface area contributed by atoms with Gasteiger partial charge in [-0.25, -0.2) is 4.79 Å². The first-order valence-corrected chi connectivity index (χ1v) is 10.0. The molecule has 1 heterocycles. The number of esters is 1. The second-order valence-electron chi connectivity index (χ2n) is 7.41. The summed E-state index contributed by atoms with van der Waals surface area (Å²) >= 11 is 5.85. The van der Waals surface area contributed by atoms with Crippen LogP contribution in [0.25, 0.3) is 10.9 Å². The molecule has 3 aromatic rings. The quantitative estimate of drug-likeness (QED) is 0.629. The van der Waals surface area contributed by atoms with E-state index >= 15 is 0 Å². The molecule has 1 aliphatic carbocycles. The SMILES string of the molecule is CC1CCc2nc3ccccc3c(C(=O)OCC(=O)Nc3ccc(Cl)cc3)c2C1. The number of benzene rings is 2. The van der Waals surface area contributed by atoms with Gasteiger partial charge in [-0.2, -0.15) is 0 Å². The summed E-state index contributed by atoms with van der Waals surface area (Å²) in [4.78, 5) is 29.9. The third-order valence-electron chi connectivity index (χ3n) is 5.17. The number of carbonyl (C=O) groups excluding carboxylic acids is 2. The summed E-state index contributed by atoms with van der Waals surface area (Å²) in [7, 11) is 0. The molecule has 0 saturated carbocycles. The first-order chi connectivity index (χ1) is 14.0. The number of aromatic nitrogens is 1. The van der Waals surface area contributed by atoms with Gasteiger partial charge in [-0.3, -0.25) is 9.78 Å². The summed E-state index contributed by atoms with van der Waals surface area (Å²) < 4.78 is 5.39. The van der Waals surface area contributed by atoms with Crippen molar-refractivity contribution in [2.24, 2.45) is 5.92 Å². The van der Waals surface area contributed by atoms with E-state index in [1.165, 1.54) is 0 Å². The lowest BCUT2D eigenvalue weighted by Crippen LogP contribution is -2.23. The van der Waals surface area contributed by atoms with Crippen molar-refractivity contribution in [1.82, 2.24) is 4.98 Å². The number of ether oxygens (including phenoxy) is 1. The Hall–Kier alpha value is -2.92. The number of anilines is 1. The monoisotopic (exact) mass is 408 g/mol.